The lowest BCUT2D eigenvalue weighted by Crippen LogP contribution is -2.07. The van der Waals surface area contributed by atoms with Gasteiger partial charge in [0.15, 0.2) is 0 Å². The summed E-state index contributed by atoms with van der Waals surface area (Å²) in [5.74, 6) is 0. The fraction of sp³-hybridized carbons (Fsp3) is 0.250. The van der Waals surface area contributed by atoms with Gasteiger partial charge in [0.2, 0.25) is 0 Å². The van der Waals surface area contributed by atoms with E-state index in [-0.39, 0.29) is 12.2 Å². The van der Waals surface area contributed by atoms with Crippen LogP contribution in [0.5, 0.6) is 0 Å². The molecule has 0 saturated carbocycles. The summed E-state index contributed by atoms with van der Waals surface area (Å²) in [6.45, 7) is 2.48. The van der Waals surface area contributed by atoms with E-state index in [4.69, 9.17) is 21.3 Å². The monoisotopic (exact) mass is 272 g/mol. The van der Waals surface area contributed by atoms with Crippen LogP contribution in [0.4, 0.5) is 11.4 Å². The Morgan fingerprint density at radius 3 is 1.50 bits per heavy atom. The summed E-state index contributed by atoms with van der Waals surface area (Å²) in [4.78, 5) is 0. The highest BCUT2D eigenvalue weighted by atomic mass is 16.6. The Bertz CT molecular complexity index is 488. The van der Waals surface area contributed by atoms with Gasteiger partial charge in [-0.05, 0) is 42.3 Å². The second-order valence-corrected chi connectivity index (χ2v) is 4.86. The van der Waals surface area contributed by atoms with Crippen molar-refractivity contribution in [1.82, 2.24) is 0 Å². The van der Waals surface area contributed by atoms with Gasteiger partial charge in [-0.2, -0.15) is 0 Å². The Morgan fingerprint density at radius 1 is 0.950 bits per heavy atom. The first-order valence-electron chi connectivity index (χ1n) is 6.57. The smallest absolute Gasteiger partial charge is 0.106 e. The SMILES string of the molecule is CC(O)C1CO1.Nc1ccc(-c2ccc(N)cc2)cc1. The Hall–Kier alpha value is -2.04. The number of ether oxygens (including phenoxy) is 1. The van der Waals surface area contributed by atoms with Gasteiger partial charge in [0.05, 0.1) is 12.7 Å². The molecule has 5 N–H and O–H groups in total. The van der Waals surface area contributed by atoms with Gasteiger partial charge in [0.1, 0.15) is 6.10 Å². The third-order valence-corrected chi connectivity index (χ3v) is 3.05. The first kappa shape index (κ1) is 14.4. The molecule has 0 aliphatic carbocycles. The van der Waals surface area contributed by atoms with Crippen LogP contribution in [0.2, 0.25) is 0 Å². The molecular weight excluding hydrogens is 252 g/mol. The molecule has 20 heavy (non-hydrogen) atoms. The average molecular weight is 272 g/mol. The van der Waals surface area contributed by atoms with Gasteiger partial charge in [-0.1, -0.05) is 24.3 Å². The van der Waals surface area contributed by atoms with Crippen molar-refractivity contribution in [2.45, 2.75) is 19.1 Å². The molecule has 4 heteroatoms. The molecule has 1 heterocycles. The van der Waals surface area contributed by atoms with Crippen molar-refractivity contribution in [1.29, 1.82) is 0 Å². The highest BCUT2D eigenvalue weighted by Gasteiger charge is 2.27. The van der Waals surface area contributed by atoms with Crippen LogP contribution in [0.1, 0.15) is 6.92 Å². The predicted molar refractivity (Wildman–Crippen MR) is 82.1 cm³/mol. The molecule has 1 aliphatic rings. The van der Waals surface area contributed by atoms with Gasteiger partial charge >= 0.3 is 0 Å². The number of hydrogen-bond donors (Lipinski definition) is 3. The quantitative estimate of drug-likeness (QED) is 0.578. The second kappa shape index (κ2) is 6.41. The van der Waals surface area contributed by atoms with E-state index >= 15 is 0 Å². The molecular formula is C16H20N2O2. The minimum atomic E-state index is -0.259. The van der Waals surface area contributed by atoms with Crippen LogP contribution in [-0.2, 0) is 4.74 Å². The highest BCUT2D eigenvalue weighted by Crippen LogP contribution is 2.21. The van der Waals surface area contributed by atoms with Crippen molar-refractivity contribution in [3.05, 3.63) is 48.5 Å². The second-order valence-electron chi connectivity index (χ2n) is 4.86. The zero-order valence-electron chi connectivity index (χ0n) is 11.5. The van der Waals surface area contributed by atoms with Crippen molar-refractivity contribution in [3.8, 4) is 11.1 Å². The predicted octanol–water partition coefficient (Wildman–Crippen LogP) is 2.28. The number of epoxide rings is 1. The van der Waals surface area contributed by atoms with Gasteiger partial charge in [-0.3, -0.25) is 0 Å². The first-order valence-corrected chi connectivity index (χ1v) is 6.57. The molecule has 0 bridgehead atoms. The summed E-state index contributed by atoms with van der Waals surface area (Å²) < 4.78 is 4.72. The molecule has 4 nitrogen and oxygen atoms in total. The fourth-order valence-electron chi connectivity index (χ4n) is 1.69. The number of anilines is 2. The van der Waals surface area contributed by atoms with Crippen molar-refractivity contribution < 1.29 is 9.84 Å². The van der Waals surface area contributed by atoms with Crippen molar-refractivity contribution >= 4 is 11.4 Å². The number of nitrogen functional groups attached to an aromatic ring is 2. The maximum absolute atomic E-state index is 8.57. The topological polar surface area (TPSA) is 84.8 Å². The molecule has 1 saturated heterocycles. The van der Waals surface area contributed by atoms with Crippen LogP contribution in [0.15, 0.2) is 48.5 Å². The molecule has 2 unspecified atom stereocenters. The third kappa shape index (κ3) is 4.26. The van der Waals surface area contributed by atoms with Gasteiger partial charge in [-0.25, -0.2) is 0 Å². The lowest BCUT2D eigenvalue weighted by Gasteiger charge is -2.02. The number of hydrogen-bond acceptors (Lipinski definition) is 4. The van der Waals surface area contributed by atoms with E-state index < -0.39 is 0 Å². The summed E-state index contributed by atoms with van der Waals surface area (Å²) in [6, 6.07) is 15.6. The first-order chi connectivity index (χ1) is 9.56. The lowest BCUT2D eigenvalue weighted by atomic mass is 10.1. The Kier molecular flexibility index (Phi) is 4.61. The molecule has 1 fully saturated rings. The van der Waals surface area contributed by atoms with Crippen molar-refractivity contribution in [3.63, 3.8) is 0 Å². The van der Waals surface area contributed by atoms with Gasteiger partial charge in [0.25, 0.3) is 0 Å². The molecule has 3 rings (SSSR count). The van der Waals surface area contributed by atoms with Gasteiger partial charge in [0, 0.05) is 11.4 Å². The van der Waals surface area contributed by atoms with E-state index in [0.717, 1.165) is 29.1 Å². The minimum Gasteiger partial charge on any atom is -0.399 e. The Balaban J connectivity index is 0.000000205. The number of nitrogens with two attached hydrogens (primary N) is 2. The van der Waals surface area contributed by atoms with E-state index in [1.165, 1.54) is 0 Å². The van der Waals surface area contributed by atoms with Crippen molar-refractivity contribution in [2.24, 2.45) is 0 Å². The minimum absolute atomic E-state index is 0.157. The fourth-order valence-corrected chi connectivity index (χ4v) is 1.69. The maximum Gasteiger partial charge on any atom is 0.106 e. The summed E-state index contributed by atoms with van der Waals surface area (Å²) in [5, 5.41) is 8.57. The van der Waals surface area contributed by atoms with Crippen LogP contribution in [-0.4, -0.2) is 23.9 Å². The number of aliphatic hydroxyl groups excluding tert-OH is 1. The standard InChI is InChI=1S/C12H12N2.C4H8O2/c13-11-5-1-9(2-6-11)10-3-7-12(14)8-4-10;1-3(5)4-2-6-4/h1-8H,13-14H2;3-5H,2H2,1H3. The molecule has 0 spiro atoms. The van der Waals surface area contributed by atoms with Crippen LogP contribution < -0.4 is 11.5 Å². The number of aliphatic hydroxyl groups is 1. The average Bonchev–Trinajstić information content (AvgIpc) is 3.26. The zero-order chi connectivity index (χ0) is 14.5. The van der Waals surface area contributed by atoms with E-state index in [9.17, 15) is 0 Å². The molecule has 2 aromatic rings. The summed E-state index contributed by atoms with van der Waals surface area (Å²) in [7, 11) is 0. The number of rotatable bonds is 2. The molecule has 106 valence electrons. The molecule has 1 aliphatic heterocycles. The van der Waals surface area contributed by atoms with Gasteiger partial charge < -0.3 is 21.3 Å². The zero-order valence-corrected chi connectivity index (χ0v) is 11.5. The normalized spacial score (nSPS) is 17.8. The lowest BCUT2D eigenvalue weighted by molar-refractivity contribution is 0.153. The van der Waals surface area contributed by atoms with Gasteiger partial charge in [-0.15, -0.1) is 0 Å². The number of benzene rings is 2. The summed E-state index contributed by atoms with van der Waals surface area (Å²) >= 11 is 0. The highest BCUT2D eigenvalue weighted by molar-refractivity contribution is 5.67. The molecule has 2 atom stereocenters. The molecule has 0 aromatic heterocycles. The van der Waals surface area contributed by atoms with Crippen molar-refractivity contribution in [2.75, 3.05) is 18.1 Å². The van der Waals surface area contributed by atoms with Crippen LogP contribution >= 0.6 is 0 Å². The van der Waals surface area contributed by atoms with Crippen LogP contribution in [0, 0.1) is 0 Å². The van der Waals surface area contributed by atoms with E-state index in [2.05, 4.69) is 0 Å². The van der Waals surface area contributed by atoms with Crippen LogP contribution in [0.3, 0.4) is 0 Å². The summed E-state index contributed by atoms with van der Waals surface area (Å²) in [6.07, 6.45) is -0.102. The molecule has 0 amide bonds. The molecule has 2 aromatic carbocycles. The molecule has 0 radical (unpaired) electrons. The maximum atomic E-state index is 8.57. The van der Waals surface area contributed by atoms with E-state index in [1.54, 1.807) is 6.92 Å². The van der Waals surface area contributed by atoms with E-state index in [0.29, 0.717) is 0 Å². The van der Waals surface area contributed by atoms with E-state index in [1.807, 2.05) is 48.5 Å². The Morgan fingerprint density at radius 2 is 1.30 bits per heavy atom. The summed E-state index contributed by atoms with van der Waals surface area (Å²) in [5.41, 5.74) is 15.1. The Labute approximate surface area is 119 Å². The largest absolute Gasteiger partial charge is 0.399 e. The third-order valence-electron chi connectivity index (χ3n) is 3.05. The van der Waals surface area contributed by atoms with Crippen LogP contribution in [0.25, 0.3) is 11.1 Å².